The van der Waals surface area contributed by atoms with Crippen LogP contribution in [0.4, 0.5) is 0 Å². The third-order valence-corrected chi connectivity index (χ3v) is 3.86. The number of rotatable bonds is 4. The topological polar surface area (TPSA) is 45.8 Å². The smallest absolute Gasteiger partial charge is 0.254 e. The lowest BCUT2D eigenvalue weighted by Gasteiger charge is -2.09. The van der Waals surface area contributed by atoms with Gasteiger partial charge in [-0.05, 0) is 32.1 Å². The molecular formula is C16H20N2OS. The molecule has 1 aromatic heterocycles. The van der Waals surface area contributed by atoms with Gasteiger partial charge in [0.25, 0.3) is 5.56 Å². The van der Waals surface area contributed by atoms with Crippen molar-refractivity contribution in [2.75, 3.05) is 6.26 Å². The van der Waals surface area contributed by atoms with E-state index in [0.717, 1.165) is 11.3 Å². The zero-order valence-corrected chi connectivity index (χ0v) is 13.2. The largest absolute Gasteiger partial charge is 0.301 e. The summed E-state index contributed by atoms with van der Waals surface area (Å²) in [5.74, 6) is 0. The summed E-state index contributed by atoms with van der Waals surface area (Å²) < 4.78 is 0. The number of aryl methyl sites for hydroxylation is 2. The van der Waals surface area contributed by atoms with Gasteiger partial charge in [0.05, 0.1) is 5.69 Å². The Hall–Kier alpha value is -1.55. The lowest BCUT2D eigenvalue weighted by atomic mass is 10.0. The van der Waals surface area contributed by atoms with E-state index in [1.807, 2.05) is 13.2 Å². The standard InChI is InChI=1S/C16H20N2OS/c1-5-13-14(17-16(20-4)18-15(13)19)9-12-7-10(2)6-11(3)8-12/h6-8H,5,9H2,1-4H3,(H,17,18,19). The number of nitrogens with one attached hydrogen (secondary N) is 1. The molecule has 0 aliphatic rings. The molecule has 4 heteroatoms. The van der Waals surface area contributed by atoms with Crippen LogP contribution in [0.3, 0.4) is 0 Å². The maximum atomic E-state index is 12.1. The van der Waals surface area contributed by atoms with E-state index in [2.05, 4.69) is 42.0 Å². The Morgan fingerprint density at radius 1 is 1.20 bits per heavy atom. The molecule has 0 aliphatic heterocycles. The third kappa shape index (κ3) is 3.31. The van der Waals surface area contributed by atoms with E-state index >= 15 is 0 Å². The SMILES string of the molecule is CCc1c(Cc2cc(C)cc(C)c2)nc(SC)[nH]c1=O. The van der Waals surface area contributed by atoms with Crippen molar-refractivity contribution in [1.82, 2.24) is 9.97 Å². The predicted molar refractivity (Wildman–Crippen MR) is 84.7 cm³/mol. The summed E-state index contributed by atoms with van der Waals surface area (Å²) in [6.45, 7) is 6.18. The van der Waals surface area contributed by atoms with Crippen LogP contribution in [0.1, 0.15) is 34.9 Å². The minimum Gasteiger partial charge on any atom is -0.301 e. The Morgan fingerprint density at radius 2 is 1.85 bits per heavy atom. The molecule has 2 aromatic rings. The van der Waals surface area contributed by atoms with Gasteiger partial charge in [0.1, 0.15) is 0 Å². The molecule has 20 heavy (non-hydrogen) atoms. The van der Waals surface area contributed by atoms with Crippen molar-refractivity contribution in [1.29, 1.82) is 0 Å². The maximum absolute atomic E-state index is 12.1. The van der Waals surface area contributed by atoms with Gasteiger partial charge in [-0.2, -0.15) is 0 Å². The van der Waals surface area contributed by atoms with Gasteiger partial charge in [-0.1, -0.05) is 48.0 Å². The molecule has 0 saturated carbocycles. The maximum Gasteiger partial charge on any atom is 0.254 e. The first kappa shape index (κ1) is 14.9. The minimum atomic E-state index is -0.00812. The van der Waals surface area contributed by atoms with Crippen LogP contribution >= 0.6 is 11.8 Å². The summed E-state index contributed by atoms with van der Waals surface area (Å²) in [5.41, 5.74) is 5.38. The molecule has 3 nitrogen and oxygen atoms in total. The minimum absolute atomic E-state index is 0.00812. The number of H-pyrrole nitrogens is 1. The van der Waals surface area contributed by atoms with Crippen LogP contribution in [0.25, 0.3) is 0 Å². The molecule has 0 radical (unpaired) electrons. The van der Waals surface area contributed by atoms with Crippen molar-refractivity contribution in [2.24, 2.45) is 0 Å². The van der Waals surface area contributed by atoms with E-state index in [4.69, 9.17) is 0 Å². The summed E-state index contributed by atoms with van der Waals surface area (Å²) in [6, 6.07) is 6.48. The highest BCUT2D eigenvalue weighted by Gasteiger charge is 2.10. The van der Waals surface area contributed by atoms with Crippen LogP contribution in [0.2, 0.25) is 0 Å². The lowest BCUT2D eigenvalue weighted by Crippen LogP contribution is -2.18. The van der Waals surface area contributed by atoms with E-state index in [1.165, 1.54) is 28.5 Å². The van der Waals surface area contributed by atoms with Gasteiger partial charge in [-0.25, -0.2) is 4.98 Å². The highest BCUT2D eigenvalue weighted by molar-refractivity contribution is 7.98. The first-order valence-electron chi connectivity index (χ1n) is 6.76. The predicted octanol–water partition coefficient (Wildman–Crippen LogP) is 3.26. The van der Waals surface area contributed by atoms with Crippen LogP contribution in [0, 0.1) is 13.8 Å². The number of hydrogen-bond donors (Lipinski definition) is 1. The monoisotopic (exact) mass is 288 g/mol. The van der Waals surface area contributed by atoms with Gasteiger partial charge in [-0.15, -0.1) is 0 Å². The molecule has 0 spiro atoms. The zero-order valence-electron chi connectivity index (χ0n) is 12.4. The summed E-state index contributed by atoms with van der Waals surface area (Å²) in [6.07, 6.45) is 3.34. The Balaban J connectivity index is 2.46. The lowest BCUT2D eigenvalue weighted by molar-refractivity contribution is 0.836. The molecule has 0 fully saturated rings. The average Bonchev–Trinajstić information content (AvgIpc) is 2.37. The molecule has 106 valence electrons. The van der Waals surface area contributed by atoms with Crippen molar-refractivity contribution in [2.45, 2.75) is 38.8 Å². The van der Waals surface area contributed by atoms with Gasteiger partial charge in [0.15, 0.2) is 5.16 Å². The van der Waals surface area contributed by atoms with E-state index in [1.54, 1.807) is 0 Å². The van der Waals surface area contributed by atoms with Gasteiger partial charge >= 0.3 is 0 Å². The number of benzene rings is 1. The number of aromatic nitrogens is 2. The van der Waals surface area contributed by atoms with E-state index in [9.17, 15) is 4.79 Å². The van der Waals surface area contributed by atoms with Gasteiger partial charge in [-0.3, -0.25) is 4.79 Å². The van der Waals surface area contributed by atoms with Gasteiger partial charge < -0.3 is 4.98 Å². The van der Waals surface area contributed by atoms with Crippen LogP contribution in [0.5, 0.6) is 0 Å². The molecule has 1 aromatic carbocycles. The van der Waals surface area contributed by atoms with Crippen LogP contribution in [0.15, 0.2) is 28.2 Å². The van der Waals surface area contributed by atoms with Gasteiger partial charge in [0.2, 0.25) is 0 Å². The second-order valence-corrected chi connectivity index (χ2v) is 5.82. The molecule has 2 rings (SSSR count). The first-order chi connectivity index (χ1) is 9.53. The molecule has 0 atom stereocenters. The van der Waals surface area contributed by atoms with Crippen molar-refractivity contribution in [3.05, 3.63) is 56.5 Å². The number of thioether (sulfide) groups is 1. The van der Waals surface area contributed by atoms with Crippen LogP contribution < -0.4 is 5.56 Å². The molecule has 0 unspecified atom stereocenters. The van der Waals surface area contributed by atoms with Gasteiger partial charge in [0, 0.05) is 12.0 Å². The average molecular weight is 288 g/mol. The second kappa shape index (κ2) is 6.27. The number of aromatic amines is 1. The van der Waals surface area contributed by atoms with Crippen LogP contribution in [-0.2, 0) is 12.8 Å². The molecule has 1 heterocycles. The fourth-order valence-corrected chi connectivity index (χ4v) is 2.89. The van der Waals surface area contributed by atoms with Crippen LogP contribution in [-0.4, -0.2) is 16.2 Å². The summed E-state index contributed by atoms with van der Waals surface area (Å²) in [7, 11) is 0. The molecule has 0 bridgehead atoms. The van der Waals surface area contributed by atoms with Crippen molar-refractivity contribution in [3.8, 4) is 0 Å². The quantitative estimate of drug-likeness (QED) is 0.694. The van der Waals surface area contributed by atoms with E-state index in [0.29, 0.717) is 18.0 Å². The Bertz CT molecular complexity index is 656. The van der Waals surface area contributed by atoms with E-state index < -0.39 is 0 Å². The highest BCUT2D eigenvalue weighted by Crippen LogP contribution is 2.16. The Kier molecular flexibility index (Phi) is 4.65. The first-order valence-corrected chi connectivity index (χ1v) is 7.99. The number of nitrogens with zero attached hydrogens (tertiary/aromatic N) is 1. The highest BCUT2D eigenvalue weighted by atomic mass is 32.2. The number of hydrogen-bond acceptors (Lipinski definition) is 3. The fourth-order valence-electron chi connectivity index (χ4n) is 2.49. The molecule has 0 aliphatic carbocycles. The van der Waals surface area contributed by atoms with Crippen molar-refractivity contribution in [3.63, 3.8) is 0 Å². The van der Waals surface area contributed by atoms with Crippen molar-refractivity contribution >= 4 is 11.8 Å². The summed E-state index contributed by atoms with van der Waals surface area (Å²) >= 11 is 1.47. The molecule has 0 saturated heterocycles. The Labute approximate surface area is 123 Å². The molecule has 1 N–H and O–H groups in total. The Morgan fingerprint density at radius 3 is 2.40 bits per heavy atom. The summed E-state index contributed by atoms with van der Waals surface area (Å²) in [4.78, 5) is 19.5. The second-order valence-electron chi connectivity index (χ2n) is 5.03. The molecule has 0 amide bonds. The van der Waals surface area contributed by atoms with Crippen molar-refractivity contribution < 1.29 is 0 Å². The normalized spacial score (nSPS) is 10.8. The van der Waals surface area contributed by atoms with E-state index in [-0.39, 0.29) is 5.56 Å². The third-order valence-electron chi connectivity index (χ3n) is 3.28. The molecular weight excluding hydrogens is 268 g/mol. The summed E-state index contributed by atoms with van der Waals surface area (Å²) in [5, 5.41) is 0.687. The fraction of sp³-hybridized carbons (Fsp3) is 0.375. The zero-order chi connectivity index (χ0) is 14.7.